The van der Waals surface area contributed by atoms with E-state index in [1.54, 1.807) is 26.0 Å². The average molecular weight is 357 g/mol. The zero-order chi connectivity index (χ0) is 19.0. The second kappa shape index (κ2) is 6.80. The van der Waals surface area contributed by atoms with Gasteiger partial charge in [0.2, 0.25) is 11.2 Å². The highest BCUT2D eigenvalue weighted by molar-refractivity contribution is 5.84. The SMILES string of the molecule is Cc1oc2c(C)c(O)c(CN(C)C)cc2c(=O)c1Oc1ccccc1F. The van der Waals surface area contributed by atoms with E-state index in [4.69, 9.17) is 9.15 Å². The number of fused-ring (bicyclic) bond motifs is 1. The van der Waals surface area contributed by atoms with Gasteiger partial charge in [-0.15, -0.1) is 0 Å². The third-order valence-corrected chi connectivity index (χ3v) is 4.12. The summed E-state index contributed by atoms with van der Waals surface area (Å²) in [6.07, 6.45) is 0. The fourth-order valence-electron chi connectivity index (χ4n) is 2.86. The molecule has 0 spiro atoms. The Kier molecular flexibility index (Phi) is 4.70. The lowest BCUT2D eigenvalue weighted by Crippen LogP contribution is -2.13. The number of halogens is 1. The summed E-state index contributed by atoms with van der Waals surface area (Å²) in [5.41, 5.74) is 0.980. The van der Waals surface area contributed by atoms with Crippen molar-refractivity contribution < 1.29 is 18.7 Å². The molecular formula is C20H20FNO4. The second-order valence-corrected chi connectivity index (χ2v) is 6.47. The highest BCUT2D eigenvalue weighted by Gasteiger charge is 2.20. The fourth-order valence-corrected chi connectivity index (χ4v) is 2.86. The zero-order valence-corrected chi connectivity index (χ0v) is 15.1. The molecule has 0 aliphatic rings. The number of nitrogens with zero attached hydrogens (tertiary/aromatic N) is 1. The van der Waals surface area contributed by atoms with Gasteiger partial charge in [-0.05, 0) is 46.1 Å². The van der Waals surface area contributed by atoms with Gasteiger partial charge in [-0.25, -0.2) is 4.39 Å². The maximum atomic E-state index is 13.9. The number of aromatic hydroxyl groups is 1. The van der Waals surface area contributed by atoms with Gasteiger partial charge in [0.25, 0.3) is 0 Å². The molecule has 6 heteroatoms. The van der Waals surface area contributed by atoms with Gasteiger partial charge in [0.15, 0.2) is 11.6 Å². The van der Waals surface area contributed by atoms with Crippen LogP contribution in [0.1, 0.15) is 16.9 Å². The van der Waals surface area contributed by atoms with Crippen LogP contribution in [-0.4, -0.2) is 24.1 Å². The summed E-state index contributed by atoms with van der Waals surface area (Å²) < 4.78 is 25.1. The molecule has 0 bridgehead atoms. The van der Waals surface area contributed by atoms with E-state index in [9.17, 15) is 14.3 Å². The van der Waals surface area contributed by atoms with Gasteiger partial charge in [0.1, 0.15) is 17.1 Å². The summed E-state index contributed by atoms with van der Waals surface area (Å²) in [5, 5.41) is 10.7. The van der Waals surface area contributed by atoms with E-state index in [-0.39, 0.29) is 28.4 Å². The predicted molar refractivity (Wildman–Crippen MR) is 97.5 cm³/mol. The van der Waals surface area contributed by atoms with Crippen LogP contribution in [0.3, 0.4) is 0 Å². The monoisotopic (exact) mass is 357 g/mol. The smallest absolute Gasteiger partial charge is 0.235 e. The Bertz CT molecular complexity index is 1040. The minimum Gasteiger partial charge on any atom is -0.507 e. The zero-order valence-electron chi connectivity index (χ0n) is 15.1. The molecule has 0 saturated carbocycles. The number of benzene rings is 2. The molecule has 1 heterocycles. The molecule has 0 saturated heterocycles. The van der Waals surface area contributed by atoms with Crippen LogP contribution >= 0.6 is 0 Å². The molecule has 0 aliphatic carbocycles. The Morgan fingerprint density at radius 1 is 1.23 bits per heavy atom. The molecule has 2 aromatic carbocycles. The first kappa shape index (κ1) is 17.9. The standard InChI is InChI=1S/C20H20FNO4/c1-11-17(23)13(10-22(3)4)9-14-18(24)20(12(2)25-19(11)14)26-16-8-6-5-7-15(16)21/h5-9,23H,10H2,1-4H3. The Morgan fingerprint density at radius 3 is 2.58 bits per heavy atom. The Morgan fingerprint density at radius 2 is 1.92 bits per heavy atom. The van der Waals surface area contributed by atoms with Crippen LogP contribution in [0.2, 0.25) is 0 Å². The maximum absolute atomic E-state index is 13.9. The van der Waals surface area contributed by atoms with Crippen molar-refractivity contribution in [2.45, 2.75) is 20.4 Å². The third-order valence-electron chi connectivity index (χ3n) is 4.12. The molecule has 0 aliphatic heterocycles. The summed E-state index contributed by atoms with van der Waals surface area (Å²) in [7, 11) is 3.73. The first-order chi connectivity index (χ1) is 12.3. The molecule has 0 unspecified atom stereocenters. The van der Waals surface area contributed by atoms with Crippen molar-refractivity contribution in [3.63, 3.8) is 0 Å². The molecule has 3 rings (SSSR count). The van der Waals surface area contributed by atoms with Crippen LogP contribution in [0.4, 0.5) is 4.39 Å². The van der Waals surface area contributed by atoms with Crippen LogP contribution in [0.5, 0.6) is 17.2 Å². The minimum atomic E-state index is -0.568. The van der Waals surface area contributed by atoms with Crippen LogP contribution < -0.4 is 10.2 Å². The summed E-state index contributed by atoms with van der Waals surface area (Å²) in [6, 6.07) is 7.45. The Balaban J connectivity index is 2.22. The van der Waals surface area contributed by atoms with Gasteiger partial charge in [-0.2, -0.15) is 0 Å². The highest BCUT2D eigenvalue weighted by Crippen LogP contribution is 2.33. The Hall–Kier alpha value is -2.86. The van der Waals surface area contributed by atoms with Crippen molar-refractivity contribution in [2.24, 2.45) is 0 Å². The van der Waals surface area contributed by atoms with Crippen molar-refractivity contribution in [3.05, 3.63) is 63.3 Å². The molecule has 0 radical (unpaired) electrons. The molecule has 0 atom stereocenters. The molecule has 136 valence electrons. The summed E-state index contributed by atoms with van der Waals surface area (Å²) >= 11 is 0. The number of rotatable bonds is 4. The van der Waals surface area contributed by atoms with Gasteiger partial charge in [-0.1, -0.05) is 12.1 Å². The van der Waals surface area contributed by atoms with Crippen LogP contribution in [0.15, 0.2) is 39.5 Å². The van der Waals surface area contributed by atoms with Crippen molar-refractivity contribution >= 4 is 11.0 Å². The number of hydrogen-bond acceptors (Lipinski definition) is 5. The lowest BCUT2D eigenvalue weighted by Gasteiger charge is -2.15. The first-order valence-electron chi connectivity index (χ1n) is 8.15. The predicted octanol–water partition coefficient (Wildman–Crippen LogP) is 4.11. The summed E-state index contributed by atoms with van der Waals surface area (Å²) in [6.45, 7) is 3.72. The van der Waals surface area contributed by atoms with Gasteiger partial charge in [-0.3, -0.25) is 4.79 Å². The normalized spacial score (nSPS) is 11.3. The van der Waals surface area contributed by atoms with Crippen LogP contribution in [0, 0.1) is 19.7 Å². The minimum absolute atomic E-state index is 0.0498. The van der Waals surface area contributed by atoms with E-state index < -0.39 is 11.2 Å². The second-order valence-electron chi connectivity index (χ2n) is 6.47. The van der Waals surface area contributed by atoms with E-state index in [1.807, 2.05) is 19.0 Å². The summed E-state index contributed by atoms with van der Waals surface area (Å²) in [4.78, 5) is 14.8. The van der Waals surface area contributed by atoms with Gasteiger partial charge >= 0.3 is 0 Å². The number of phenols is 1. The van der Waals surface area contributed by atoms with E-state index in [0.717, 1.165) is 0 Å². The Labute approximate surface area is 150 Å². The molecule has 0 amide bonds. The largest absolute Gasteiger partial charge is 0.507 e. The molecule has 0 fully saturated rings. The van der Waals surface area contributed by atoms with Gasteiger partial charge in [0.05, 0.1) is 5.39 Å². The van der Waals surface area contributed by atoms with Crippen molar-refractivity contribution in [3.8, 4) is 17.2 Å². The molecule has 1 aromatic heterocycles. The molecule has 5 nitrogen and oxygen atoms in total. The summed E-state index contributed by atoms with van der Waals surface area (Å²) in [5.74, 6) is -0.374. The fraction of sp³-hybridized carbons (Fsp3) is 0.250. The van der Waals surface area contributed by atoms with Crippen LogP contribution in [0.25, 0.3) is 11.0 Å². The van der Waals surface area contributed by atoms with Crippen LogP contribution in [-0.2, 0) is 6.54 Å². The molecule has 26 heavy (non-hydrogen) atoms. The van der Waals surface area contributed by atoms with Gasteiger partial charge in [0, 0.05) is 17.7 Å². The number of ether oxygens (including phenoxy) is 1. The first-order valence-corrected chi connectivity index (χ1v) is 8.15. The van der Waals surface area contributed by atoms with Gasteiger partial charge < -0.3 is 19.2 Å². The van der Waals surface area contributed by atoms with Crippen molar-refractivity contribution in [1.82, 2.24) is 4.90 Å². The molecule has 1 N–H and O–H groups in total. The number of phenolic OH excluding ortho intramolecular Hbond substituents is 1. The maximum Gasteiger partial charge on any atom is 0.235 e. The van der Waals surface area contributed by atoms with Crippen molar-refractivity contribution in [2.75, 3.05) is 14.1 Å². The van der Waals surface area contributed by atoms with E-state index in [1.165, 1.54) is 18.2 Å². The number of aryl methyl sites for hydroxylation is 2. The highest BCUT2D eigenvalue weighted by atomic mass is 19.1. The van der Waals surface area contributed by atoms with Crippen molar-refractivity contribution in [1.29, 1.82) is 0 Å². The lowest BCUT2D eigenvalue weighted by molar-refractivity contribution is 0.384. The van der Waals surface area contributed by atoms with E-state index in [0.29, 0.717) is 23.3 Å². The topological polar surface area (TPSA) is 62.9 Å². The van der Waals surface area contributed by atoms with E-state index in [2.05, 4.69) is 0 Å². The average Bonchev–Trinajstić information content (AvgIpc) is 2.58. The number of hydrogen-bond donors (Lipinski definition) is 1. The quantitative estimate of drug-likeness (QED) is 0.761. The molecular weight excluding hydrogens is 337 g/mol. The third kappa shape index (κ3) is 3.15. The molecule has 3 aromatic rings. The van der Waals surface area contributed by atoms with E-state index >= 15 is 0 Å². The number of para-hydroxylation sites is 1. The lowest BCUT2D eigenvalue weighted by atomic mass is 10.0.